The number of aryl methyl sites for hydroxylation is 1. The summed E-state index contributed by atoms with van der Waals surface area (Å²) in [5.41, 5.74) is 9.35. The van der Waals surface area contributed by atoms with E-state index >= 15 is 0 Å². The number of guanidine groups is 1. The van der Waals surface area contributed by atoms with E-state index in [2.05, 4.69) is 52.0 Å². The minimum Gasteiger partial charge on any atom is -0.369 e. The molecule has 26 heavy (non-hydrogen) atoms. The van der Waals surface area contributed by atoms with Crippen LogP contribution in [0, 0.1) is 6.92 Å². The van der Waals surface area contributed by atoms with Crippen molar-refractivity contribution in [3.8, 4) is 0 Å². The first-order valence-electron chi connectivity index (χ1n) is 8.96. The number of aromatic nitrogens is 1. The van der Waals surface area contributed by atoms with E-state index < -0.39 is 0 Å². The SMILES string of the molecule is Cc1ccccc1N=C(N)N1CCN(c2ccc3ccccc3n2)CC1. The summed E-state index contributed by atoms with van der Waals surface area (Å²) in [6.07, 6.45) is 0. The molecule has 0 aliphatic carbocycles. The fraction of sp³-hybridized carbons (Fsp3) is 0.238. The maximum Gasteiger partial charge on any atom is 0.196 e. The molecule has 3 aromatic rings. The Labute approximate surface area is 153 Å². The van der Waals surface area contributed by atoms with E-state index in [0.29, 0.717) is 5.96 Å². The van der Waals surface area contributed by atoms with Crippen molar-refractivity contribution in [2.24, 2.45) is 10.7 Å². The third-order valence-electron chi connectivity index (χ3n) is 4.86. The fourth-order valence-corrected chi connectivity index (χ4v) is 3.28. The molecule has 0 unspecified atom stereocenters. The molecule has 1 aromatic heterocycles. The van der Waals surface area contributed by atoms with E-state index in [0.717, 1.165) is 48.8 Å². The summed E-state index contributed by atoms with van der Waals surface area (Å²) in [7, 11) is 0. The topological polar surface area (TPSA) is 57.8 Å². The van der Waals surface area contributed by atoms with Gasteiger partial charge < -0.3 is 15.5 Å². The second-order valence-corrected chi connectivity index (χ2v) is 6.59. The molecular formula is C21H23N5. The largest absolute Gasteiger partial charge is 0.369 e. The Hall–Kier alpha value is -3.08. The van der Waals surface area contributed by atoms with Gasteiger partial charge in [-0.3, -0.25) is 0 Å². The van der Waals surface area contributed by atoms with Crippen molar-refractivity contribution in [1.29, 1.82) is 0 Å². The van der Waals surface area contributed by atoms with Gasteiger partial charge in [-0.15, -0.1) is 0 Å². The van der Waals surface area contributed by atoms with Crippen molar-refractivity contribution >= 4 is 28.4 Å². The van der Waals surface area contributed by atoms with Crippen LogP contribution in [0.2, 0.25) is 0 Å². The molecule has 4 rings (SSSR count). The van der Waals surface area contributed by atoms with Gasteiger partial charge in [0.15, 0.2) is 5.96 Å². The van der Waals surface area contributed by atoms with Crippen molar-refractivity contribution in [3.05, 3.63) is 66.2 Å². The maximum atomic E-state index is 6.25. The summed E-state index contributed by atoms with van der Waals surface area (Å²) in [6.45, 7) is 5.51. The zero-order chi connectivity index (χ0) is 17.9. The van der Waals surface area contributed by atoms with Crippen molar-refractivity contribution in [1.82, 2.24) is 9.88 Å². The normalized spacial score (nSPS) is 15.5. The van der Waals surface area contributed by atoms with Gasteiger partial charge >= 0.3 is 0 Å². The number of hydrogen-bond donors (Lipinski definition) is 1. The van der Waals surface area contributed by atoms with E-state index in [1.807, 2.05) is 30.3 Å². The first-order chi connectivity index (χ1) is 12.7. The lowest BCUT2D eigenvalue weighted by Gasteiger charge is -2.36. The number of nitrogens with zero attached hydrogens (tertiary/aromatic N) is 4. The number of aliphatic imine (C=N–C) groups is 1. The quantitative estimate of drug-likeness (QED) is 0.572. The predicted octanol–water partition coefficient (Wildman–Crippen LogP) is 3.31. The summed E-state index contributed by atoms with van der Waals surface area (Å²) in [5.74, 6) is 1.61. The number of rotatable bonds is 2. The van der Waals surface area contributed by atoms with Crippen LogP contribution < -0.4 is 10.6 Å². The van der Waals surface area contributed by atoms with E-state index in [9.17, 15) is 0 Å². The van der Waals surface area contributed by atoms with Crippen molar-refractivity contribution in [2.75, 3.05) is 31.1 Å². The van der Waals surface area contributed by atoms with Gasteiger partial charge in [-0.25, -0.2) is 9.98 Å². The highest BCUT2D eigenvalue weighted by atomic mass is 15.3. The predicted molar refractivity (Wildman–Crippen MR) is 108 cm³/mol. The second kappa shape index (κ2) is 7.04. The lowest BCUT2D eigenvalue weighted by atomic mass is 10.2. The van der Waals surface area contributed by atoms with Gasteiger partial charge in [0.1, 0.15) is 5.82 Å². The third-order valence-corrected chi connectivity index (χ3v) is 4.86. The lowest BCUT2D eigenvalue weighted by Crippen LogP contribution is -2.51. The summed E-state index contributed by atoms with van der Waals surface area (Å²) < 4.78 is 0. The van der Waals surface area contributed by atoms with Crippen molar-refractivity contribution in [2.45, 2.75) is 6.92 Å². The molecule has 1 aliphatic rings. The molecule has 2 N–H and O–H groups in total. The molecule has 0 saturated carbocycles. The van der Waals surface area contributed by atoms with Crippen LogP contribution in [0.4, 0.5) is 11.5 Å². The smallest absolute Gasteiger partial charge is 0.196 e. The number of fused-ring (bicyclic) bond motifs is 1. The Kier molecular flexibility index (Phi) is 4.44. The van der Waals surface area contributed by atoms with Crippen LogP contribution in [-0.4, -0.2) is 42.0 Å². The molecule has 5 nitrogen and oxygen atoms in total. The van der Waals surface area contributed by atoms with Crippen molar-refractivity contribution in [3.63, 3.8) is 0 Å². The minimum absolute atomic E-state index is 0.588. The molecule has 5 heteroatoms. The summed E-state index contributed by atoms with van der Waals surface area (Å²) in [6, 6.07) is 20.5. The Morgan fingerprint density at radius 3 is 2.46 bits per heavy atom. The highest BCUT2D eigenvalue weighted by Crippen LogP contribution is 2.20. The monoisotopic (exact) mass is 345 g/mol. The number of para-hydroxylation sites is 2. The number of hydrogen-bond acceptors (Lipinski definition) is 3. The van der Waals surface area contributed by atoms with Crippen LogP contribution in [0.15, 0.2) is 65.7 Å². The zero-order valence-electron chi connectivity index (χ0n) is 15.0. The van der Waals surface area contributed by atoms with Crippen LogP contribution in [0.3, 0.4) is 0 Å². The van der Waals surface area contributed by atoms with Gasteiger partial charge in [0.25, 0.3) is 0 Å². The number of piperazine rings is 1. The van der Waals surface area contributed by atoms with Gasteiger partial charge in [0.05, 0.1) is 11.2 Å². The first-order valence-corrected chi connectivity index (χ1v) is 8.96. The zero-order valence-corrected chi connectivity index (χ0v) is 15.0. The highest BCUT2D eigenvalue weighted by Gasteiger charge is 2.19. The average Bonchev–Trinajstić information content (AvgIpc) is 2.69. The van der Waals surface area contributed by atoms with Crippen molar-refractivity contribution < 1.29 is 0 Å². The molecular weight excluding hydrogens is 322 g/mol. The minimum atomic E-state index is 0.588. The molecule has 1 saturated heterocycles. The summed E-state index contributed by atoms with van der Waals surface area (Å²) in [4.78, 5) is 13.9. The Bertz CT molecular complexity index is 942. The Morgan fingerprint density at radius 2 is 1.65 bits per heavy atom. The lowest BCUT2D eigenvalue weighted by molar-refractivity contribution is 0.381. The highest BCUT2D eigenvalue weighted by molar-refractivity contribution is 5.82. The van der Waals surface area contributed by atoms with Gasteiger partial charge in [-0.05, 0) is 36.8 Å². The van der Waals surface area contributed by atoms with Gasteiger partial charge in [0.2, 0.25) is 0 Å². The third kappa shape index (κ3) is 3.33. The number of pyridine rings is 1. The Morgan fingerprint density at radius 1 is 0.923 bits per heavy atom. The molecule has 0 spiro atoms. The number of benzene rings is 2. The molecule has 132 valence electrons. The van der Waals surface area contributed by atoms with Crippen LogP contribution in [0.1, 0.15) is 5.56 Å². The van der Waals surface area contributed by atoms with Gasteiger partial charge in [-0.2, -0.15) is 0 Å². The van der Waals surface area contributed by atoms with Crippen LogP contribution >= 0.6 is 0 Å². The molecule has 0 radical (unpaired) electrons. The number of anilines is 1. The van der Waals surface area contributed by atoms with Gasteiger partial charge in [0, 0.05) is 31.6 Å². The molecule has 1 fully saturated rings. The molecule has 0 bridgehead atoms. The number of nitrogens with two attached hydrogens (primary N) is 1. The average molecular weight is 345 g/mol. The van der Waals surface area contributed by atoms with E-state index in [1.165, 1.54) is 5.39 Å². The maximum absolute atomic E-state index is 6.25. The van der Waals surface area contributed by atoms with Crippen LogP contribution in [0.25, 0.3) is 10.9 Å². The summed E-state index contributed by atoms with van der Waals surface area (Å²) in [5, 5.41) is 1.17. The summed E-state index contributed by atoms with van der Waals surface area (Å²) >= 11 is 0. The Balaban J connectivity index is 1.45. The molecule has 2 heterocycles. The second-order valence-electron chi connectivity index (χ2n) is 6.59. The van der Waals surface area contributed by atoms with E-state index in [4.69, 9.17) is 10.7 Å². The molecule has 0 atom stereocenters. The first kappa shape index (κ1) is 16.4. The fourth-order valence-electron chi connectivity index (χ4n) is 3.28. The van der Waals surface area contributed by atoms with Crippen LogP contribution in [-0.2, 0) is 0 Å². The van der Waals surface area contributed by atoms with Gasteiger partial charge in [-0.1, -0.05) is 36.4 Å². The molecule has 1 aliphatic heterocycles. The molecule has 2 aromatic carbocycles. The van der Waals surface area contributed by atoms with Crippen LogP contribution in [0.5, 0.6) is 0 Å². The molecule has 0 amide bonds. The standard InChI is InChI=1S/C21H23N5/c1-16-6-2-4-8-18(16)24-21(22)26-14-12-25(13-15-26)20-11-10-17-7-3-5-9-19(17)23-20/h2-11H,12-15H2,1H3,(H2,22,24). The van der Waals surface area contributed by atoms with E-state index in [1.54, 1.807) is 0 Å². The van der Waals surface area contributed by atoms with E-state index in [-0.39, 0.29) is 0 Å².